The van der Waals surface area contributed by atoms with Gasteiger partial charge in [0.1, 0.15) is 17.8 Å². The first-order valence-corrected chi connectivity index (χ1v) is 10.5. The lowest BCUT2D eigenvalue weighted by atomic mass is 9.71. The number of carbonyl (C=O) groups is 1. The zero-order chi connectivity index (χ0) is 19.2. The second-order valence-electron chi connectivity index (χ2n) is 7.76. The summed E-state index contributed by atoms with van der Waals surface area (Å²) in [6, 6.07) is 18.0. The molecule has 0 N–H and O–H groups in total. The lowest BCUT2D eigenvalue weighted by Gasteiger charge is -2.33. The quantitative estimate of drug-likeness (QED) is 0.731. The molecule has 2 heterocycles. The first-order valence-electron chi connectivity index (χ1n) is 10.5. The van der Waals surface area contributed by atoms with E-state index >= 15 is 0 Å². The van der Waals surface area contributed by atoms with Crippen molar-refractivity contribution in [1.29, 1.82) is 0 Å². The molecule has 0 bridgehead atoms. The van der Waals surface area contributed by atoms with Gasteiger partial charge in [0.2, 0.25) is 0 Å². The number of esters is 1. The number of benzene rings is 2. The molecule has 0 amide bonds. The minimum absolute atomic E-state index is 0.159. The molecule has 4 heteroatoms. The van der Waals surface area contributed by atoms with E-state index in [4.69, 9.17) is 9.47 Å². The molecule has 1 unspecified atom stereocenters. The summed E-state index contributed by atoms with van der Waals surface area (Å²) in [7, 11) is 0. The summed E-state index contributed by atoms with van der Waals surface area (Å²) in [5.41, 5.74) is 1.09. The van der Waals surface area contributed by atoms with Crippen molar-refractivity contribution in [2.45, 2.75) is 37.5 Å². The van der Waals surface area contributed by atoms with E-state index in [0.717, 1.165) is 42.9 Å². The highest BCUT2D eigenvalue weighted by atomic mass is 16.5. The zero-order valence-corrected chi connectivity index (χ0v) is 16.4. The molecular formula is C24H29NO3. The van der Waals surface area contributed by atoms with Gasteiger partial charge in [-0.15, -0.1) is 0 Å². The second kappa shape index (κ2) is 8.78. The van der Waals surface area contributed by atoms with Crippen molar-refractivity contribution in [3.8, 4) is 5.75 Å². The Hall–Kier alpha value is -2.33. The molecule has 1 atom stereocenters. The average molecular weight is 380 g/mol. The number of para-hydroxylation sites is 1. The van der Waals surface area contributed by atoms with Crippen LogP contribution < -0.4 is 4.74 Å². The van der Waals surface area contributed by atoms with Crippen LogP contribution in [-0.4, -0.2) is 43.7 Å². The molecule has 0 aliphatic carbocycles. The number of piperidine rings is 1. The van der Waals surface area contributed by atoms with Crippen LogP contribution in [0, 0.1) is 0 Å². The van der Waals surface area contributed by atoms with Crippen molar-refractivity contribution < 1.29 is 14.3 Å². The summed E-state index contributed by atoms with van der Waals surface area (Å²) in [5, 5.41) is 0. The van der Waals surface area contributed by atoms with Crippen LogP contribution in [0.2, 0.25) is 0 Å². The number of carbonyl (C=O) groups excluding carboxylic acids is 1. The van der Waals surface area contributed by atoms with Gasteiger partial charge in [0, 0.05) is 12.1 Å². The zero-order valence-electron chi connectivity index (χ0n) is 16.4. The first-order chi connectivity index (χ1) is 13.8. The number of likely N-dealkylation sites (tertiary alicyclic amines) is 1. The Kier molecular flexibility index (Phi) is 5.96. The summed E-state index contributed by atoms with van der Waals surface area (Å²) in [4.78, 5) is 16.0. The lowest BCUT2D eigenvalue weighted by Crippen LogP contribution is -2.40. The maximum Gasteiger partial charge on any atom is 0.321 e. The van der Waals surface area contributed by atoms with Crippen molar-refractivity contribution in [3.63, 3.8) is 0 Å². The lowest BCUT2D eigenvalue weighted by molar-refractivity contribution is -0.149. The topological polar surface area (TPSA) is 38.8 Å². The fourth-order valence-electron chi connectivity index (χ4n) is 4.53. The predicted octanol–water partition coefficient (Wildman–Crippen LogP) is 4.17. The first kappa shape index (κ1) is 19.0. The molecule has 0 aromatic heterocycles. The molecular weight excluding hydrogens is 350 g/mol. The minimum Gasteiger partial charge on any atom is -0.493 e. The normalized spacial score (nSPS) is 22.6. The van der Waals surface area contributed by atoms with Crippen molar-refractivity contribution >= 4 is 5.97 Å². The molecule has 2 aromatic rings. The fraction of sp³-hybridized carbons (Fsp3) is 0.458. The minimum atomic E-state index is -0.809. The van der Waals surface area contributed by atoms with Crippen LogP contribution in [0.15, 0.2) is 54.6 Å². The molecule has 2 aliphatic rings. The molecule has 1 fully saturated rings. The molecule has 0 spiro atoms. The van der Waals surface area contributed by atoms with Crippen LogP contribution >= 0.6 is 0 Å². The van der Waals surface area contributed by atoms with E-state index in [1.807, 2.05) is 54.6 Å². The van der Waals surface area contributed by atoms with Crippen LogP contribution in [0.4, 0.5) is 0 Å². The van der Waals surface area contributed by atoms with E-state index in [9.17, 15) is 4.79 Å². The highest BCUT2D eigenvalue weighted by Crippen LogP contribution is 2.44. The van der Waals surface area contributed by atoms with Gasteiger partial charge in [-0.25, -0.2) is 0 Å². The van der Waals surface area contributed by atoms with Gasteiger partial charge in [0.25, 0.3) is 0 Å². The highest BCUT2D eigenvalue weighted by Gasteiger charge is 2.46. The van der Waals surface area contributed by atoms with E-state index in [1.165, 1.54) is 19.3 Å². The van der Waals surface area contributed by atoms with Gasteiger partial charge in [0.15, 0.2) is 0 Å². The van der Waals surface area contributed by atoms with Gasteiger partial charge in [-0.05, 0) is 50.4 Å². The molecule has 148 valence electrons. The van der Waals surface area contributed by atoms with Crippen LogP contribution in [0.1, 0.15) is 43.2 Å². The van der Waals surface area contributed by atoms with E-state index in [-0.39, 0.29) is 5.97 Å². The Morgan fingerprint density at radius 1 is 0.964 bits per heavy atom. The molecule has 0 radical (unpaired) electrons. The van der Waals surface area contributed by atoms with E-state index in [1.54, 1.807) is 0 Å². The fourth-order valence-corrected chi connectivity index (χ4v) is 4.53. The number of fused-ring (bicyclic) bond motifs is 1. The van der Waals surface area contributed by atoms with Crippen molar-refractivity contribution in [1.82, 2.24) is 4.90 Å². The predicted molar refractivity (Wildman–Crippen MR) is 110 cm³/mol. The molecule has 28 heavy (non-hydrogen) atoms. The largest absolute Gasteiger partial charge is 0.493 e. The van der Waals surface area contributed by atoms with Crippen molar-refractivity contribution in [3.05, 3.63) is 65.7 Å². The molecule has 4 rings (SSSR count). The Morgan fingerprint density at radius 3 is 2.54 bits per heavy atom. The Bertz CT molecular complexity index is 785. The van der Waals surface area contributed by atoms with Gasteiger partial charge in [-0.2, -0.15) is 0 Å². The van der Waals surface area contributed by atoms with E-state index in [2.05, 4.69) is 4.90 Å². The number of ether oxygens (including phenoxy) is 2. The summed E-state index contributed by atoms with van der Waals surface area (Å²) >= 11 is 0. The number of hydrogen-bond acceptors (Lipinski definition) is 4. The second-order valence-corrected chi connectivity index (χ2v) is 7.76. The monoisotopic (exact) mass is 379 g/mol. The maximum absolute atomic E-state index is 13.6. The van der Waals surface area contributed by atoms with Crippen LogP contribution in [0.5, 0.6) is 5.75 Å². The van der Waals surface area contributed by atoms with Crippen LogP contribution in [0.25, 0.3) is 0 Å². The molecule has 4 nitrogen and oxygen atoms in total. The average Bonchev–Trinajstić information content (AvgIpc) is 2.96. The third kappa shape index (κ3) is 3.79. The van der Waals surface area contributed by atoms with Crippen LogP contribution in [0.3, 0.4) is 0 Å². The number of nitrogens with zero attached hydrogens (tertiary/aromatic N) is 1. The smallest absolute Gasteiger partial charge is 0.321 e. The standard InChI is InChI=1S/C24H29NO3/c26-23(28-19-17-25-15-7-2-8-16-25)24(20-10-3-1-4-11-20)14-9-18-27-22-13-6-5-12-21(22)24/h1,3-6,10-13H,2,7-9,14-19H2. The van der Waals surface area contributed by atoms with Gasteiger partial charge in [-0.1, -0.05) is 55.0 Å². The maximum atomic E-state index is 13.6. The molecule has 1 saturated heterocycles. The van der Waals surface area contributed by atoms with Crippen molar-refractivity contribution in [2.24, 2.45) is 0 Å². The Morgan fingerprint density at radius 2 is 1.71 bits per heavy atom. The molecule has 2 aliphatic heterocycles. The summed E-state index contributed by atoms with van der Waals surface area (Å²) < 4.78 is 11.9. The molecule has 2 aromatic carbocycles. The highest BCUT2D eigenvalue weighted by molar-refractivity contribution is 5.88. The molecule has 0 saturated carbocycles. The third-order valence-corrected chi connectivity index (χ3v) is 6.00. The SMILES string of the molecule is O=C(OCCN1CCCCC1)C1(c2ccccc2)CCCOc2ccccc21. The van der Waals surface area contributed by atoms with Crippen molar-refractivity contribution in [2.75, 3.05) is 32.8 Å². The number of hydrogen-bond donors (Lipinski definition) is 0. The van der Waals surface area contributed by atoms with E-state index in [0.29, 0.717) is 19.6 Å². The van der Waals surface area contributed by atoms with Gasteiger partial charge < -0.3 is 9.47 Å². The van der Waals surface area contributed by atoms with Gasteiger partial charge in [-0.3, -0.25) is 9.69 Å². The van der Waals surface area contributed by atoms with Crippen LogP contribution in [-0.2, 0) is 14.9 Å². The third-order valence-electron chi connectivity index (χ3n) is 6.00. The Balaban J connectivity index is 1.62. The summed E-state index contributed by atoms with van der Waals surface area (Å²) in [6.07, 6.45) is 5.30. The van der Waals surface area contributed by atoms with Gasteiger partial charge in [0.05, 0.1) is 6.61 Å². The summed E-state index contributed by atoms with van der Waals surface area (Å²) in [5.74, 6) is 0.630. The number of rotatable bonds is 5. The Labute approximate surface area is 167 Å². The van der Waals surface area contributed by atoms with E-state index < -0.39 is 5.41 Å². The van der Waals surface area contributed by atoms with Gasteiger partial charge >= 0.3 is 5.97 Å². The summed E-state index contributed by atoms with van der Waals surface area (Å²) in [6.45, 7) is 4.09.